The van der Waals surface area contributed by atoms with E-state index < -0.39 is 14.2 Å². The highest BCUT2D eigenvalue weighted by molar-refractivity contribution is 6.69. The maximum absolute atomic E-state index is 13.4. The molecule has 0 radical (unpaired) electrons. The third-order valence-corrected chi connectivity index (χ3v) is 6.30. The first kappa shape index (κ1) is 28.2. The van der Waals surface area contributed by atoms with Gasteiger partial charge in [-0.25, -0.2) is 0 Å². The Kier molecular flexibility index (Phi) is 9.59. The first-order valence-corrected chi connectivity index (χ1v) is 14.9. The number of ether oxygens (including phenoxy) is 2. The van der Waals surface area contributed by atoms with Crippen molar-refractivity contribution in [1.29, 1.82) is 0 Å². The predicted molar refractivity (Wildman–Crippen MR) is 136 cm³/mol. The SMILES string of the molecule is C=C=CCC[C@@H](O[Si](C)(C)C)[C@@H](C)C(=O)Oc1c(C(C)(C)C)cc(OC)cc1C(C)(C)C. The van der Waals surface area contributed by atoms with Gasteiger partial charge in [0, 0.05) is 11.1 Å². The number of rotatable bonds is 9. The van der Waals surface area contributed by atoms with Gasteiger partial charge in [0.25, 0.3) is 0 Å². The maximum atomic E-state index is 13.4. The lowest BCUT2D eigenvalue weighted by molar-refractivity contribution is -0.141. The Bertz CT molecular complexity index is 796. The van der Waals surface area contributed by atoms with Crippen LogP contribution in [-0.4, -0.2) is 27.5 Å². The average molecular weight is 461 g/mol. The number of hydrogen-bond donors (Lipinski definition) is 0. The second-order valence-corrected chi connectivity index (χ2v) is 16.0. The van der Waals surface area contributed by atoms with Crippen LogP contribution in [0.25, 0.3) is 0 Å². The quantitative estimate of drug-likeness (QED) is 0.169. The summed E-state index contributed by atoms with van der Waals surface area (Å²) in [5, 5.41) is 0. The summed E-state index contributed by atoms with van der Waals surface area (Å²) in [6.45, 7) is 24.7. The molecule has 0 fully saturated rings. The van der Waals surface area contributed by atoms with Gasteiger partial charge < -0.3 is 13.9 Å². The molecule has 0 amide bonds. The van der Waals surface area contributed by atoms with E-state index in [1.807, 2.05) is 25.1 Å². The lowest BCUT2D eigenvalue weighted by Gasteiger charge is -2.32. The fourth-order valence-electron chi connectivity index (χ4n) is 3.50. The van der Waals surface area contributed by atoms with Crippen LogP contribution in [0.2, 0.25) is 19.6 Å². The van der Waals surface area contributed by atoms with E-state index in [2.05, 4.69) is 73.5 Å². The van der Waals surface area contributed by atoms with E-state index in [4.69, 9.17) is 13.9 Å². The molecule has 0 aromatic heterocycles. The molecule has 0 saturated heterocycles. The minimum atomic E-state index is -1.85. The van der Waals surface area contributed by atoms with Crippen molar-refractivity contribution in [2.24, 2.45) is 5.92 Å². The molecule has 2 atom stereocenters. The zero-order chi connectivity index (χ0) is 24.9. The molecule has 0 N–H and O–H groups in total. The van der Waals surface area contributed by atoms with Gasteiger partial charge in [0.15, 0.2) is 8.32 Å². The number of benzene rings is 1. The van der Waals surface area contributed by atoms with Crippen LogP contribution in [0.3, 0.4) is 0 Å². The molecule has 32 heavy (non-hydrogen) atoms. The molecule has 0 aliphatic heterocycles. The lowest BCUT2D eigenvalue weighted by Crippen LogP contribution is -2.39. The van der Waals surface area contributed by atoms with Crippen LogP contribution in [0.15, 0.2) is 30.5 Å². The summed E-state index contributed by atoms with van der Waals surface area (Å²) < 4.78 is 18.2. The molecule has 0 unspecified atom stereocenters. The fourth-order valence-corrected chi connectivity index (χ4v) is 4.73. The number of methoxy groups -OCH3 is 1. The molecule has 180 valence electrons. The van der Waals surface area contributed by atoms with Crippen molar-refractivity contribution in [2.45, 2.75) is 97.9 Å². The van der Waals surface area contributed by atoms with E-state index >= 15 is 0 Å². The van der Waals surface area contributed by atoms with Crippen molar-refractivity contribution in [2.75, 3.05) is 7.11 Å². The first-order valence-electron chi connectivity index (χ1n) is 11.5. The topological polar surface area (TPSA) is 44.8 Å². The number of allylic oxidation sites excluding steroid dienone is 1. The highest BCUT2D eigenvalue weighted by atomic mass is 28.4. The van der Waals surface area contributed by atoms with Gasteiger partial charge in [0.1, 0.15) is 11.5 Å². The minimum Gasteiger partial charge on any atom is -0.497 e. The van der Waals surface area contributed by atoms with Crippen LogP contribution in [0.4, 0.5) is 0 Å². The monoisotopic (exact) mass is 460 g/mol. The summed E-state index contributed by atoms with van der Waals surface area (Å²) in [5.41, 5.74) is 4.27. The molecule has 0 heterocycles. The number of carbonyl (C=O) groups is 1. The zero-order valence-corrected chi connectivity index (χ0v) is 23.1. The summed E-state index contributed by atoms with van der Waals surface area (Å²) in [7, 11) is -0.185. The van der Waals surface area contributed by atoms with Crippen molar-refractivity contribution < 1.29 is 18.7 Å². The highest BCUT2D eigenvalue weighted by Gasteiger charge is 2.34. The van der Waals surface area contributed by atoms with Crippen LogP contribution in [0.5, 0.6) is 11.5 Å². The van der Waals surface area contributed by atoms with Gasteiger partial charge in [0.2, 0.25) is 0 Å². The molecule has 0 spiro atoms. The third-order valence-electron chi connectivity index (χ3n) is 5.29. The van der Waals surface area contributed by atoms with Gasteiger partial charge in [-0.05, 0) is 68.4 Å². The Morgan fingerprint density at radius 3 is 1.97 bits per heavy atom. The van der Waals surface area contributed by atoms with Gasteiger partial charge in [-0.2, -0.15) is 0 Å². The molecule has 0 bridgehead atoms. The Labute approximate surface area is 197 Å². The normalized spacial score (nSPS) is 14.3. The van der Waals surface area contributed by atoms with Crippen molar-refractivity contribution in [3.8, 4) is 11.5 Å². The first-order chi connectivity index (χ1) is 14.5. The molecule has 1 aromatic rings. The van der Waals surface area contributed by atoms with Crippen LogP contribution in [0, 0.1) is 5.92 Å². The smallest absolute Gasteiger partial charge is 0.316 e. The van der Waals surface area contributed by atoms with E-state index in [1.165, 1.54) is 0 Å². The molecule has 1 aromatic carbocycles. The Morgan fingerprint density at radius 1 is 1.09 bits per heavy atom. The molecule has 0 saturated carbocycles. The Hall–Kier alpha value is -1.81. The summed E-state index contributed by atoms with van der Waals surface area (Å²) in [5.74, 6) is 0.740. The van der Waals surface area contributed by atoms with Gasteiger partial charge in [-0.1, -0.05) is 48.1 Å². The number of carbonyl (C=O) groups excluding carboxylic acids is 1. The van der Waals surface area contributed by atoms with Crippen LogP contribution < -0.4 is 9.47 Å². The molecule has 1 rings (SSSR count). The second-order valence-electron chi connectivity index (χ2n) is 11.5. The van der Waals surface area contributed by atoms with Crippen LogP contribution in [-0.2, 0) is 20.1 Å². The van der Waals surface area contributed by atoms with Crippen molar-refractivity contribution in [3.05, 3.63) is 41.6 Å². The molecule has 0 aliphatic carbocycles. The minimum absolute atomic E-state index is 0.215. The number of esters is 1. The molecular weight excluding hydrogens is 416 g/mol. The molecule has 5 heteroatoms. The molecular formula is C27H44O4Si. The number of hydrogen-bond acceptors (Lipinski definition) is 4. The van der Waals surface area contributed by atoms with E-state index in [0.717, 1.165) is 29.7 Å². The van der Waals surface area contributed by atoms with Crippen molar-refractivity contribution in [3.63, 3.8) is 0 Å². The van der Waals surface area contributed by atoms with E-state index in [1.54, 1.807) is 7.11 Å². The standard InChI is InChI=1S/C27H44O4Si/c1-13-14-15-16-23(31-32(10,11)12)19(2)25(28)30-24-21(26(3,4)5)17-20(29-9)18-22(24)27(6,7)8/h14,17-19,23H,1,15-16H2,2-12H3/t19-,23-/m1/s1. The van der Waals surface area contributed by atoms with Gasteiger partial charge >= 0.3 is 5.97 Å². The van der Waals surface area contributed by atoms with E-state index in [9.17, 15) is 4.79 Å². The molecule has 4 nitrogen and oxygen atoms in total. The third kappa shape index (κ3) is 8.27. The second kappa shape index (κ2) is 10.9. The van der Waals surface area contributed by atoms with E-state index in [0.29, 0.717) is 5.75 Å². The summed E-state index contributed by atoms with van der Waals surface area (Å²) in [4.78, 5) is 13.4. The van der Waals surface area contributed by atoms with Gasteiger partial charge in [0.05, 0.1) is 19.1 Å². The van der Waals surface area contributed by atoms with Crippen LogP contribution >= 0.6 is 0 Å². The Balaban J connectivity index is 3.43. The largest absolute Gasteiger partial charge is 0.497 e. The molecule has 0 aliphatic rings. The maximum Gasteiger partial charge on any atom is 0.316 e. The van der Waals surface area contributed by atoms with Gasteiger partial charge in [-0.3, -0.25) is 4.79 Å². The summed E-state index contributed by atoms with van der Waals surface area (Å²) in [6.07, 6.45) is 3.16. The van der Waals surface area contributed by atoms with E-state index in [-0.39, 0.29) is 22.9 Å². The van der Waals surface area contributed by atoms with Gasteiger partial charge in [-0.15, -0.1) is 5.73 Å². The summed E-state index contributed by atoms with van der Waals surface area (Å²) >= 11 is 0. The summed E-state index contributed by atoms with van der Waals surface area (Å²) in [6, 6.07) is 3.96. The zero-order valence-electron chi connectivity index (χ0n) is 22.1. The lowest BCUT2D eigenvalue weighted by atomic mass is 9.79. The average Bonchev–Trinajstić information content (AvgIpc) is 2.64. The fraction of sp³-hybridized carbons (Fsp3) is 0.630. The predicted octanol–water partition coefficient (Wildman–Crippen LogP) is 7.17. The Morgan fingerprint density at radius 2 is 1.59 bits per heavy atom. The van der Waals surface area contributed by atoms with Crippen molar-refractivity contribution >= 4 is 14.3 Å². The van der Waals surface area contributed by atoms with Crippen molar-refractivity contribution in [1.82, 2.24) is 0 Å². The van der Waals surface area contributed by atoms with Crippen LogP contribution in [0.1, 0.15) is 72.4 Å². The highest BCUT2D eigenvalue weighted by Crippen LogP contribution is 2.43.